The number of hydrogen-bond donors (Lipinski definition) is 1. The summed E-state index contributed by atoms with van der Waals surface area (Å²) in [5.41, 5.74) is 2.50. The van der Waals surface area contributed by atoms with Gasteiger partial charge in [0.1, 0.15) is 12.4 Å². The molecule has 0 fully saturated rings. The summed E-state index contributed by atoms with van der Waals surface area (Å²) in [5.74, 6) is -0.238. The van der Waals surface area contributed by atoms with Crippen LogP contribution in [0.3, 0.4) is 0 Å². The van der Waals surface area contributed by atoms with Gasteiger partial charge >= 0.3 is 5.97 Å². The maximum absolute atomic E-state index is 11.2. The highest BCUT2D eigenvalue weighted by molar-refractivity contribution is 5.90. The molecule has 1 N–H and O–H groups in total. The van der Waals surface area contributed by atoms with Gasteiger partial charge in [-0.15, -0.1) is 0 Å². The average molecular weight is 244 g/mol. The number of para-hydroxylation sites is 1. The molecule has 1 aromatic heterocycles. The molecule has 3 rings (SSSR count). The molecule has 1 aliphatic heterocycles. The number of carbonyl (C=O) groups is 1. The number of aryl methyl sites for hydroxylation is 1. The number of rotatable bonds is 2. The van der Waals surface area contributed by atoms with Gasteiger partial charge in [-0.1, -0.05) is 12.1 Å². The molecule has 0 spiro atoms. The second kappa shape index (κ2) is 3.87. The molecule has 2 aromatic rings. The SMILES string of the molecule is CCn1nc(C(=O)O)c2c1-c1ccccc1OC2. The number of carboxylic acids is 1. The molecule has 92 valence electrons. The van der Waals surface area contributed by atoms with Gasteiger partial charge in [0.15, 0.2) is 5.69 Å². The molecule has 0 aliphatic carbocycles. The fourth-order valence-electron chi connectivity index (χ4n) is 2.28. The first-order valence-corrected chi connectivity index (χ1v) is 5.77. The van der Waals surface area contributed by atoms with Gasteiger partial charge in [-0.3, -0.25) is 4.68 Å². The van der Waals surface area contributed by atoms with Gasteiger partial charge in [-0.2, -0.15) is 5.10 Å². The van der Waals surface area contributed by atoms with Crippen LogP contribution in [0, 0.1) is 0 Å². The van der Waals surface area contributed by atoms with E-state index in [2.05, 4.69) is 5.10 Å². The van der Waals surface area contributed by atoms with Crippen molar-refractivity contribution in [3.8, 4) is 17.0 Å². The highest BCUT2D eigenvalue weighted by atomic mass is 16.5. The van der Waals surface area contributed by atoms with Crippen LogP contribution in [-0.4, -0.2) is 20.9 Å². The number of ether oxygens (including phenoxy) is 1. The number of nitrogens with zero attached hydrogens (tertiary/aromatic N) is 2. The maximum atomic E-state index is 11.2. The Morgan fingerprint density at radius 2 is 2.28 bits per heavy atom. The molecule has 0 unspecified atom stereocenters. The first kappa shape index (κ1) is 10.8. The number of fused-ring (bicyclic) bond motifs is 3. The van der Waals surface area contributed by atoms with E-state index in [9.17, 15) is 4.79 Å². The standard InChI is InChI=1S/C13H12N2O3/c1-2-15-12-8-5-3-4-6-10(8)18-7-9(12)11(14-15)13(16)17/h3-6H,2,7H2,1H3,(H,16,17). The van der Waals surface area contributed by atoms with Crippen molar-refractivity contribution < 1.29 is 14.6 Å². The zero-order valence-corrected chi connectivity index (χ0v) is 9.88. The summed E-state index contributed by atoms with van der Waals surface area (Å²) in [4.78, 5) is 11.2. The largest absolute Gasteiger partial charge is 0.488 e. The molecule has 0 radical (unpaired) electrons. The molecule has 0 saturated heterocycles. The normalized spacial score (nSPS) is 12.5. The number of benzene rings is 1. The van der Waals surface area contributed by atoms with Crippen molar-refractivity contribution in [2.75, 3.05) is 0 Å². The smallest absolute Gasteiger partial charge is 0.356 e. The van der Waals surface area contributed by atoms with E-state index in [4.69, 9.17) is 9.84 Å². The van der Waals surface area contributed by atoms with Crippen molar-refractivity contribution >= 4 is 5.97 Å². The molecule has 1 aromatic carbocycles. The lowest BCUT2D eigenvalue weighted by molar-refractivity contribution is 0.0686. The minimum atomic E-state index is -1.01. The third-order valence-corrected chi connectivity index (χ3v) is 3.07. The van der Waals surface area contributed by atoms with Gasteiger partial charge in [0, 0.05) is 12.1 Å². The quantitative estimate of drug-likeness (QED) is 0.879. The van der Waals surface area contributed by atoms with Crippen LogP contribution < -0.4 is 4.74 Å². The summed E-state index contributed by atoms with van der Waals surface area (Å²) >= 11 is 0. The van der Waals surface area contributed by atoms with Crippen molar-refractivity contribution in [3.05, 3.63) is 35.5 Å². The van der Waals surface area contributed by atoms with Crippen LogP contribution in [0.15, 0.2) is 24.3 Å². The van der Waals surface area contributed by atoms with E-state index in [0.29, 0.717) is 12.1 Å². The van der Waals surface area contributed by atoms with Crippen LogP contribution in [0.5, 0.6) is 5.75 Å². The van der Waals surface area contributed by atoms with Gasteiger partial charge in [0.05, 0.1) is 11.3 Å². The van der Waals surface area contributed by atoms with Crippen LogP contribution in [0.25, 0.3) is 11.3 Å². The van der Waals surface area contributed by atoms with E-state index in [1.807, 2.05) is 31.2 Å². The van der Waals surface area contributed by atoms with Crippen molar-refractivity contribution in [1.82, 2.24) is 9.78 Å². The van der Waals surface area contributed by atoms with Crippen LogP contribution in [0.2, 0.25) is 0 Å². The minimum absolute atomic E-state index is 0.0846. The van der Waals surface area contributed by atoms with Gasteiger partial charge in [0.25, 0.3) is 0 Å². The Bertz CT molecular complexity index is 631. The Labute approximate surface area is 104 Å². The van der Waals surface area contributed by atoms with Crippen LogP contribution in [0.1, 0.15) is 23.0 Å². The lowest BCUT2D eigenvalue weighted by Gasteiger charge is -2.18. The second-order valence-corrected chi connectivity index (χ2v) is 4.08. The second-order valence-electron chi connectivity index (χ2n) is 4.08. The average Bonchev–Trinajstić information content (AvgIpc) is 2.78. The number of aromatic nitrogens is 2. The fourth-order valence-corrected chi connectivity index (χ4v) is 2.28. The summed E-state index contributed by atoms with van der Waals surface area (Å²) in [6, 6.07) is 7.61. The Morgan fingerprint density at radius 1 is 1.50 bits per heavy atom. The van der Waals surface area contributed by atoms with E-state index >= 15 is 0 Å². The maximum Gasteiger partial charge on any atom is 0.356 e. The lowest BCUT2D eigenvalue weighted by Crippen LogP contribution is -2.09. The summed E-state index contributed by atoms with van der Waals surface area (Å²) in [6.07, 6.45) is 0. The van der Waals surface area contributed by atoms with E-state index in [1.165, 1.54) is 0 Å². The monoisotopic (exact) mass is 244 g/mol. The van der Waals surface area contributed by atoms with Crippen LogP contribution >= 0.6 is 0 Å². The lowest BCUT2D eigenvalue weighted by atomic mass is 10.0. The fraction of sp³-hybridized carbons (Fsp3) is 0.231. The predicted molar refractivity (Wildman–Crippen MR) is 64.6 cm³/mol. The Morgan fingerprint density at radius 3 is 3.00 bits per heavy atom. The summed E-state index contributed by atoms with van der Waals surface area (Å²) in [5, 5.41) is 13.3. The number of carboxylic acid groups (broad SMARTS) is 1. The highest BCUT2D eigenvalue weighted by Gasteiger charge is 2.28. The van der Waals surface area contributed by atoms with Gasteiger partial charge in [-0.05, 0) is 19.1 Å². The van der Waals surface area contributed by atoms with Gasteiger partial charge < -0.3 is 9.84 Å². The molecule has 1 aliphatic rings. The molecule has 5 heteroatoms. The molecule has 18 heavy (non-hydrogen) atoms. The third-order valence-electron chi connectivity index (χ3n) is 3.07. The summed E-state index contributed by atoms with van der Waals surface area (Å²) in [7, 11) is 0. The molecular formula is C13H12N2O3. The van der Waals surface area contributed by atoms with E-state index in [0.717, 1.165) is 17.0 Å². The highest BCUT2D eigenvalue weighted by Crippen LogP contribution is 2.38. The van der Waals surface area contributed by atoms with E-state index in [-0.39, 0.29) is 12.3 Å². The van der Waals surface area contributed by atoms with Crippen molar-refractivity contribution in [1.29, 1.82) is 0 Å². The van der Waals surface area contributed by atoms with Crippen molar-refractivity contribution in [3.63, 3.8) is 0 Å². The van der Waals surface area contributed by atoms with Gasteiger partial charge in [-0.25, -0.2) is 4.79 Å². The first-order chi connectivity index (χ1) is 8.72. The molecule has 0 atom stereocenters. The zero-order chi connectivity index (χ0) is 12.7. The number of aromatic carboxylic acids is 1. The molecule has 0 saturated carbocycles. The minimum Gasteiger partial charge on any atom is -0.488 e. The predicted octanol–water partition coefficient (Wildman–Crippen LogP) is 2.16. The molecule has 0 bridgehead atoms. The summed E-state index contributed by atoms with van der Waals surface area (Å²) < 4.78 is 7.30. The zero-order valence-electron chi connectivity index (χ0n) is 9.88. The van der Waals surface area contributed by atoms with E-state index < -0.39 is 5.97 Å². The van der Waals surface area contributed by atoms with Crippen LogP contribution in [0.4, 0.5) is 0 Å². The van der Waals surface area contributed by atoms with E-state index in [1.54, 1.807) is 4.68 Å². The Hall–Kier alpha value is -2.30. The van der Waals surface area contributed by atoms with Crippen LogP contribution in [-0.2, 0) is 13.2 Å². The van der Waals surface area contributed by atoms with Crippen molar-refractivity contribution in [2.45, 2.75) is 20.1 Å². The molecule has 2 heterocycles. The molecular weight excluding hydrogens is 232 g/mol. The third kappa shape index (κ3) is 1.40. The Kier molecular flexibility index (Phi) is 2.33. The summed E-state index contributed by atoms with van der Waals surface area (Å²) in [6.45, 7) is 2.83. The Balaban J connectivity index is 2.29. The molecule has 5 nitrogen and oxygen atoms in total. The molecule has 0 amide bonds. The number of hydrogen-bond acceptors (Lipinski definition) is 3. The first-order valence-electron chi connectivity index (χ1n) is 5.77. The topological polar surface area (TPSA) is 64.4 Å². The van der Waals surface area contributed by atoms with Gasteiger partial charge in [0.2, 0.25) is 0 Å². The van der Waals surface area contributed by atoms with Crippen molar-refractivity contribution in [2.24, 2.45) is 0 Å².